The van der Waals surface area contributed by atoms with Crippen LogP contribution in [-0.4, -0.2) is 0 Å². The van der Waals surface area contributed by atoms with E-state index in [2.05, 4.69) is 207 Å². The number of hydrogen-bond donors (Lipinski definition) is 0. The van der Waals surface area contributed by atoms with Gasteiger partial charge in [-0.05, 0) is 109 Å². The van der Waals surface area contributed by atoms with Crippen LogP contribution in [0.25, 0.3) is 55.3 Å². The van der Waals surface area contributed by atoms with Gasteiger partial charge in [-0.2, -0.15) is 0 Å². The van der Waals surface area contributed by atoms with Crippen LogP contribution in [0.5, 0.6) is 0 Å². The van der Waals surface area contributed by atoms with Crippen LogP contribution in [0, 0.1) is 0 Å². The van der Waals surface area contributed by atoms with E-state index < -0.39 is 0 Å². The van der Waals surface area contributed by atoms with Gasteiger partial charge in [0.25, 0.3) is 0 Å². The Hall–Kier alpha value is -6.18. The molecule has 9 rings (SSSR count). The van der Waals surface area contributed by atoms with Crippen LogP contribution in [-0.2, 0) is 5.41 Å². The van der Waals surface area contributed by atoms with Crippen LogP contribution < -0.4 is 4.90 Å². The zero-order valence-corrected chi connectivity index (χ0v) is 29.1. The standard InChI is InChI=1S/C50H39N/c1-3-50(2)46-33-43(40-22-18-38(19-23-40)35-12-6-4-7-13-35)27-30-48(46)51(45-29-26-37-16-10-11-17-42(37)32-45)49-31-28-44(34-47(49)50)41-24-20-39(21-25-41)36-14-8-5-9-15-36/h4-34H,3H2,1-2H3. The molecule has 0 saturated heterocycles. The summed E-state index contributed by atoms with van der Waals surface area (Å²) in [7, 11) is 0. The van der Waals surface area contributed by atoms with E-state index in [0.29, 0.717) is 0 Å². The third-order valence-electron chi connectivity index (χ3n) is 11.0. The first-order chi connectivity index (χ1) is 25.1. The molecule has 1 heteroatoms. The fourth-order valence-electron chi connectivity index (χ4n) is 7.93. The molecule has 1 aliphatic rings. The minimum absolute atomic E-state index is 0.196. The van der Waals surface area contributed by atoms with Crippen molar-refractivity contribution in [2.24, 2.45) is 0 Å². The van der Waals surface area contributed by atoms with Crippen molar-refractivity contribution in [3.63, 3.8) is 0 Å². The summed E-state index contributed by atoms with van der Waals surface area (Å²) in [4.78, 5) is 2.49. The number of rotatable bonds is 6. The molecule has 0 aromatic heterocycles. The molecule has 0 spiro atoms. The predicted molar refractivity (Wildman–Crippen MR) is 217 cm³/mol. The van der Waals surface area contributed by atoms with Gasteiger partial charge in [-0.25, -0.2) is 0 Å². The Morgan fingerprint density at radius 3 is 1.24 bits per heavy atom. The highest BCUT2D eigenvalue weighted by molar-refractivity contribution is 5.93. The first-order valence-corrected chi connectivity index (χ1v) is 18.0. The Labute approximate surface area is 301 Å². The van der Waals surface area contributed by atoms with E-state index in [9.17, 15) is 0 Å². The van der Waals surface area contributed by atoms with E-state index >= 15 is 0 Å². The number of fused-ring (bicyclic) bond motifs is 3. The molecule has 8 aromatic rings. The van der Waals surface area contributed by atoms with Gasteiger partial charge in [0.15, 0.2) is 0 Å². The SMILES string of the molecule is CCC1(C)c2cc(-c3ccc(-c4ccccc4)cc3)ccc2N(c2ccc3ccccc3c2)c2ccc(-c3ccc(-c4ccccc4)cc3)cc21. The van der Waals surface area contributed by atoms with Crippen LogP contribution >= 0.6 is 0 Å². The van der Waals surface area contributed by atoms with Gasteiger partial charge >= 0.3 is 0 Å². The highest BCUT2D eigenvalue weighted by Crippen LogP contribution is 2.55. The van der Waals surface area contributed by atoms with E-state index in [1.165, 1.54) is 83.5 Å². The molecule has 0 unspecified atom stereocenters. The summed E-state index contributed by atoms with van der Waals surface area (Å²) in [6, 6.07) is 69.0. The Morgan fingerprint density at radius 1 is 0.373 bits per heavy atom. The summed E-state index contributed by atoms with van der Waals surface area (Å²) < 4.78 is 0. The predicted octanol–water partition coefficient (Wildman–Crippen LogP) is 14.0. The van der Waals surface area contributed by atoms with Crippen LogP contribution in [0.2, 0.25) is 0 Å². The maximum absolute atomic E-state index is 2.49. The van der Waals surface area contributed by atoms with Crippen molar-refractivity contribution in [3.8, 4) is 44.5 Å². The molecule has 1 nitrogen and oxygen atoms in total. The third kappa shape index (κ3) is 5.43. The average Bonchev–Trinajstić information content (AvgIpc) is 3.21. The van der Waals surface area contributed by atoms with Crippen LogP contribution in [0.3, 0.4) is 0 Å². The van der Waals surface area contributed by atoms with Crippen molar-refractivity contribution in [1.29, 1.82) is 0 Å². The highest BCUT2D eigenvalue weighted by Gasteiger charge is 2.39. The second-order valence-corrected chi connectivity index (χ2v) is 13.9. The molecule has 0 bridgehead atoms. The normalized spacial score (nSPS) is 13.1. The molecule has 1 aliphatic heterocycles. The van der Waals surface area contributed by atoms with Crippen LogP contribution in [0.1, 0.15) is 31.4 Å². The average molecular weight is 654 g/mol. The summed E-state index contributed by atoms with van der Waals surface area (Å²) in [6.07, 6.45) is 0.978. The topological polar surface area (TPSA) is 3.24 Å². The van der Waals surface area contributed by atoms with Gasteiger partial charge in [-0.3, -0.25) is 0 Å². The van der Waals surface area contributed by atoms with Crippen molar-refractivity contribution in [3.05, 3.63) is 199 Å². The molecule has 0 amide bonds. The monoisotopic (exact) mass is 653 g/mol. The van der Waals surface area contributed by atoms with Gasteiger partial charge < -0.3 is 4.90 Å². The smallest absolute Gasteiger partial charge is 0.0503 e. The molecule has 0 fully saturated rings. The second-order valence-electron chi connectivity index (χ2n) is 13.9. The molecule has 244 valence electrons. The van der Waals surface area contributed by atoms with E-state index in [-0.39, 0.29) is 5.41 Å². The fraction of sp³-hybridized carbons (Fsp3) is 0.0800. The van der Waals surface area contributed by atoms with E-state index in [1.807, 2.05) is 0 Å². The molecule has 1 heterocycles. The molecule has 0 N–H and O–H groups in total. The number of hydrogen-bond acceptors (Lipinski definition) is 1. The van der Waals surface area contributed by atoms with Crippen molar-refractivity contribution < 1.29 is 0 Å². The second kappa shape index (κ2) is 12.6. The summed E-state index contributed by atoms with van der Waals surface area (Å²) in [5, 5.41) is 2.49. The summed E-state index contributed by atoms with van der Waals surface area (Å²) in [5.41, 5.74) is 16.0. The van der Waals surface area contributed by atoms with Crippen LogP contribution in [0.4, 0.5) is 17.1 Å². The lowest BCUT2D eigenvalue weighted by molar-refractivity contribution is 0.545. The highest BCUT2D eigenvalue weighted by atomic mass is 15.2. The lowest BCUT2D eigenvalue weighted by atomic mass is 9.69. The van der Waals surface area contributed by atoms with Gasteiger partial charge in [0.2, 0.25) is 0 Å². The minimum atomic E-state index is -0.196. The maximum Gasteiger partial charge on any atom is 0.0503 e. The molecule has 0 saturated carbocycles. The zero-order valence-electron chi connectivity index (χ0n) is 29.1. The zero-order chi connectivity index (χ0) is 34.4. The van der Waals surface area contributed by atoms with E-state index in [0.717, 1.165) is 6.42 Å². The van der Waals surface area contributed by atoms with Crippen molar-refractivity contribution in [1.82, 2.24) is 0 Å². The molecule has 0 atom stereocenters. The van der Waals surface area contributed by atoms with Crippen molar-refractivity contribution in [2.75, 3.05) is 4.90 Å². The lowest BCUT2D eigenvalue weighted by Crippen LogP contribution is -2.32. The van der Waals surface area contributed by atoms with Gasteiger partial charge in [-0.15, -0.1) is 0 Å². The quantitative estimate of drug-likeness (QED) is 0.173. The van der Waals surface area contributed by atoms with Gasteiger partial charge in [0, 0.05) is 11.1 Å². The fourth-order valence-corrected chi connectivity index (χ4v) is 7.93. The van der Waals surface area contributed by atoms with Gasteiger partial charge in [0.05, 0.1) is 11.4 Å². The first kappa shape index (κ1) is 30.8. The van der Waals surface area contributed by atoms with Gasteiger partial charge in [0.1, 0.15) is 0 Å². The first-order valence-electron chi connectivity index (χ1n) is 18.0. The minimum Gasteiger partial charge on any atom is -0.310 e. The number of nitrogens with zero attached hydrogens (tertiary/aromatic N) is 1. The molecule has 0 radical (unpaired) electrons. The lowest BCUT2D eigenvalue weighted by Gasteiger charge is -2.44. The largest absolute Gasteiger partial charge is 0.310 e. The summed E-state index contributed by atoms with van der Waals surface area (Å²) >= 11 is 0. The Kier molecular flexibility index (Phi) is 7.63. The summed E-state index contributed by atoms with van der Waals surface area (Å²) in [5.74, 6) is 0. The molecule has 51 heavy (non-hydrogen) atoms. The van der Waals surface area contributed by atoms with Crippen LogP contribution in [0.15, 0.2) is 188 Å². The van der Waals surface area contributed by atoms with E-state index in [1.54, 1.807) is 0 Å². The summed E-state index contributed by atoms with van der Waals surface area (Å²) in [6.45, 7) is 4.77. The Morgan fingerprint density at radius 2 is 0.765 bits per heavy atom. The Balaban J connectivity index is 1.19. The molecule has 8 aromatic carbocycles. The number of anilines is 3. The Bertz CT molecular complexity index is 2360. The third-order valence-corrected chi connectivity index (χ3v) is 11.0. The van der Waals surface area contributed by atoms with Crippen molar-refractivity contribution >= 4 is 27.8 Å². The van der Waals surface area contributed by atoms with Gasteiger partial charge in [-0.1, -0.05) is 166 Å². The number of benzene rings is 8. The van der Waals surface area contributed by atoms with E-state index in [4.69, 9.17) is 0 Å². The maximum atomic E-state index is 2.49. The molecule has 0 aliphatic carbocycles. The molecular weight excluding hydrogens is 615 g/mol. The van der Waals surface area contributed by atoms with Crippen molar-refractivity contribution in [2.45, 2.75) is 25.7 Å². The molecular formula is C50H39N.